The van der Waals surface area contributed by atoms with Crippen molar-refractivity contribution in [2.24, 2.45) is 0 Å². The molecule has 0 bridgehead atoms. The number of carboxylic acid groups (broad SMARTS) is 1. The maximum Gasteiger partial charge on any atom is 0.324 e. The summed E-state index contributed by atoms with van der Waals surface area (Å²) >= 11 is 0. The average molecular weight is 297 g/mol. The van der Waals surface area contributed by atoms with E-state index in [1.807, 2.05) is 13.8 Å². The lowest BCUT2D eigenvalue weighted by atomic mass is 9.78. The fourth-order valence-electron chi connectivity index (χ4n) is 2.24. The fraction of sp³-hybridized carbons (Fsp3) is 0.500. The molecule has 1 aliphatic carbocycles. The number of rotatable bonds is 5. The highest BCUT2D eigenvalue weighted by Crippen LogP contribution is 2.33. The van der Waals surface area contributed by atoms with Crippen LogP contribution in [0.1, 0.15) is 44.6 Å². The summed E-state index contributed by atoms with van der Waals surface area (Å²) in [5, 5.41) is 9.18. The highest BCUT2D eigenvalue weighted by atomic mass is 32.2. The van der Waals surface area contributed by atoms with Crippen LogP contribution < -0.4 is 4.72 Å². The molecule has 0 aliphatic heterocycles. The lowest BCUT2D eigenvalue weighted by Crippen LogP contribution is -2.58. The summed E-state index contributed by atoms with van der Waals surface area (Å²) < 4.78 is 26.8. The molecule has 1 aromatic rings. The van der Waals surface area contributed by atoms with Crippen LogP contribution in [0.15, 0.2) is 29.2 Å². The van der Waals surface area contributed by atoms with E-state index in [-0.39, 0.29) is 4.90 Å². The summed E-state index contributed by atoms with van der Waals surface area (Å²) in [6.07, 6.45) is 1.40. The molecule has 0 saturated heterocycles. The minimum Gasteiger partial charge on any atom is -0.480 e. The molecule has 1 aliphatic rings. The third-order valence-corrected chi connectivity index (χ3v) is 5.36. The molecule has 0 aromatic heterocycles. The molecule has 1 aromatic carbocycles. The third-order valence-electron chi connectivity index (χ3n) is 3.80. The summed E-state index contributed by atoms with van der Waals surface area (Å²) in [7, 11) is -3.80. The quantitative estimate of drug-likeness (QED) is 0.871. The molecule has 0 heterocycles. The molecular formula is C14H19NO4S. The van der Waals surface area contributed by atoms with Crippen LogP contribution in [0.4, 0.5) is 0 Å². The molecule has 0 amide bonds. The van der Waals surface area contributed by atoms with E-state index >= 15 is 0 Å². The summed E-state index contributed by atoms with van der Waals surface area (Å²) in [6, 6.07) is 6.55. The van der Waals surface area contributed by atoms with Crippen LogP contribution in [0.3, 0.4) is 0 Å². The van der Waals surface area contributed by atoms with Gasteiger partial charge in [-0.2, -0.15) is 4.72 Å². The lowest BCUT2D eigenvalue weighted by molar-refractivity contribution is -0.147. The molecule has 1 saturated carbocycles. The minimum absolute atomic E-state index is 0.106. The SMILES string of the molecule is CC(C)c1ccc(S(=O)(=O)NC2(C(=O)O)CCC2)cc1. The second-order valence-corrected chi connectivity index (χ2v) is 7.25. The molecule has 0 radical (unpaired) electrons. The Morgan fingerprint density at radius 3 is 2.15 bits per heavy atom. The smallest absolute Gasteiger partial charge is 0.324 e. The second kappa shape index (κ2) is 5.18. The molecule has 0 spiro atoms. The van der Waals surface area contributed by atoms with E-state index in [2.05, 4.69) is 4.72 Å². The second-order valence-electron chi connectivity index (χ2n) is 5.57. The molecule has 2 rings (SSSR count). The monoisotopic (exact) mass is 297 g/mol. The van der Waals surface area contributed by atoms with Crippen LogP contribution in [0.2, 0.25) is 0 Å². The van der Waals surface area contributed by atoms with Crippen LogP contribution >= 0.6 is 0 Å². The highest BCUT2D eigenvalue weighted by Gasteiger charge is 2.47. The van der Waals surface area contributed by atoms with Gasteiger partial charge in [0.25, 0.3) is 0 Å². The van der Waals surface area contributed by atoms with Gasteiger partial charge in [0.15, 0.2) is 0 Å². The van der Waals surface area contributed by atoms with E-state index in [4.69, 9.17) is 0 Å². The Bertz CT molecular complexity index is 601. The van der Waals surface area contributed by atoms with Gasteiger partial charge in [0.2, 0.25) is 10.0 Å². The van der Waals surface area contributed by atoms with Crippen molar-refractivity contribution in [2.75, 3.05) is 0 Å². The van der Waals surface area contributed by atoms with Crippen molar-refractivity contribution in [3.63, 3.8) is 0 Å². The van der Waals surface area contributed by atoms with Crippen molar-refractivity contribution in [2.45, 2.75) is 49.5 Å². The van der Waals surface area contributed by atoms with Crippen LogP contribution in [-0.2, 0) is 14.8 Å². The van der Waals surface area contributed by atoms with E-state index in [9.17, 15) is 18.3 Å². The number of sulfonamides is 1. The summed E-state index contributed by atoms with van der Waals surface area (Å²) in [4.78, 5) is 11.3. The van der Waals surface area contributed by atoms with Crippen molar-refractivity contribution in [1.29, 1.82) is 0 Å². The summed E-state index contributed by atoms with van der Waals surface area (Å²) in [5.74, 6) is -0.789. The summed E-state index contributed by atoms with van der Waals surface area (Å²) in [5.41, 5.74) is -0.282. The predicted octanol–water partition coefficient (Wildman–Crippen LogP) is 2.10. The van der Waals surface area contributed by atoms with Gasteiger partial charge in [-0.3, -0.25) is 4.79 Å². The lowest BCUT2D eigenvalue weighted by Gasteiger charge is -2.37. The minimum atomic E-state index is -3.80. The third kappa shape index (κ3) is 2.71. The van der Waals surface area contributed by atoms with Crippen molar-refractivity contribution in [3.8, 4) is 0 Å². The van der Waals surface area contributed by atoms with Gasteiger partial charge < -0.3 is 5.11 Å². The van der Waals surface area contributed by atoms with Crippen molar-refractivity contribution in [1.82, 2.24) is 4.72 Å². The van der Waals surface area contributed by atoms with Crippen LogP contribution in [0.5, 0.6) is 0 Å². The fourth-order valence-corrected chi connectivity index (χ4v) is 3.66. The first-order chi connectivity index (χ1) is 9.27. The Labute approximate surface area is 119 Å². The summed E-state index contributed by atoms with van der Waals surface area (Å²) in [6.45, 7) is 4.05. The standard InChI is InChI=1S/C14H19NO4S/c1-10(2)11-4-6-12(7-5-11)20(18,19)15-14(13(16)17)8-3-9-14/h4-7,10,15H,3,8-9H2,1-2H3,(H,16,17). The number of carbonyl (C=O) groups is 1. The van der Waals surface area contributed by atoms with E-state index in [1.54, 1.807) is 12.1 Å². The van der Waals surface area contributed by atoms with E-state index in [0.29, 0.717) is 18.8 Å². The van der Waals surface area contributed by atoms with Gasteiger partial charge in [-0.15, -0.1) is 0 Å². The molecule has 110 valence electrons. The van der Waals surface area contributed by atoms with Crippen LogP contribution in [0.25, 0.3) is 0 Å². The molecular weight excluding hydrogens is 278 g/mol. The van der Waals surface area contributed by atoms with E-state index in [1.165, 1.54) is 12.1 Å². The first kappa shape index (κ1) is 15.0. The van der Waals surface area contributed by atoms with Crippen molar-refractivity contribution < 1.29 is 18.3 Å². The molecule has 2 N–H and O–H groups in total. The molecule has 20 heavy (non-hydrogen) atoms. The Kier molecular flexibility index (Phi) is 3.88. The van der Waals surface area contributed by atoms with Crippen LogP contribution in [-0.4, -0.2) is 25.0 Å². The normalized spacial score (nSPS) is 17.8. The molecule has 0 atom stereocenters. The molecule has 0 unspecified atom stereocenters. The number of benzene rings is 1. The Balaban J connectivity index is 2.24. The Hall–Kier alpha value is -1.40. The van der Waals surface area contributed by atoms with E-state index < -0.39 is 21.5 Å². The molecule has 6 heteroatoms. The van der Waals surface area contributed by atoms with E-state index in [0.717, 1.165) is 12.0 Å². The number of nitrogens with one attached hydrogen (secondary N) is 1. The Morgan fingerprint density at radius 2 is 1.80 bits per heavy atom. The highest BCUT2D eigenvalue weighted by molar-refractivity contribution is 7.89. The van der Waals surface area contributed by atoms with Gasteiger partial charge in [-0.05, 0) is 42.9 Å². The predicted molar refractivity (Wildman–Crippen MR) is 75.1 cm³/mol. The zero-order chi connectivity index (χ0) is 15.0. The van der Waals surface area contributed by atoms with Crippen molar-refractivity contribution in [3.05, 3.63) is 29.8 Å². The average Bonchev–Trinajstić information content (AvgIpc) is 2.33. The first-order valence-corrected chi connectivity index (χ1v) is 8.12. The van der Waals surface area contributed by atoms with Gasteiger partial charge in [-0.25, -0.2) is 8.42 Å². The van der Waals surface area contributed by atoms with Crippen molar-refractivity contribution >= 4 is 16.0 Å². The number of hydrogen-bond acceptors (Lipinski definition) is 3. The topological polar surface area (TPSA) is 83.5 Å². The zero-order valence-electron chi connectivity index (χ0n) is 11.6. The van der Waals surface area contributed by atoms with Gasteiger partial charge >= 0.3 is 5.97 Å². The number of carboxylic acids is 1. The Morgan fingerprint density at radius 1 is 1.25 bits per heavy atom. The first-order valence-electron chi connectivity index (χ1n) is 6.64. The molecule has 1 fully saturated rings. The number of aliphatic carboxylic acids is 1. The van der Waals surface area contributed by atoms with Gasteiger partial charge in [0.1, 0.15) is 5.54 Å². The van der Waals surface area contributed by atoms with Crippen LogP contribution in [0, 0.1) is 0 Å². The maximum absolute atomic E-state index is 12.3. The van der Waals surface area contributed by atoms with Gasteiger partial charge in [-0.1, -0.05) is 26.0 Å². The number of hydrogen-bond donors (Lipinski definition) is 2. The van der Waals surface area contributed by atoms with Gasteiger partial charge in [0, 0.05) is 0 Å². The zero-order valence-corrected chi connectivity index (χ0v) is 12.4. The molecule has 5 nitrogen and oxygen atoms in total. The largest absolute Gasteiger partial charge is 0.480 e. The van der Waals surface area contributed by atoms with Gasteiger partial charge in [0.05, 0.1) is 4.90 Å². The maximum atomic E-state index is 12.3.